The van der Waals surface area contributed by atoms with Crippen molar-refractivity contribution in [3.63, 3.8) is 0 Å². The number of ether oxygens (including phenoxy) is 1. The van der Waals surface area contributed by atoms with E-state index in [9.17, 15) is 4.79 Å². The molecule has 1 rings (SSSR count). The second-order valence-electron chi connectivity index (χ2n) is 4.25. The van der Waals surface area contributed by atoms with Gasteiger partial charge in [0.2, 0.25) is 5.91 Å². The fraction of sp³-hybridized carbons (Fsp3) is 0.462. The van der Waals surface area contributed by atoms with Crippen LogP contribution in [0.4, 0.5) is 5.69 Å². The monoisotopic (exact) mass is 470 g/mol. The lowest BCUT2D eigenvalue weighted by atomic mass is 10.2. The molecule has 0 saturated heterocycles. The molecule has 0 aliphatic heterocycles. The Labute approximate surface area is 144 Å². The van der Waals surface area contributed by atoms with Gasteiger partial charge in [0.15, 0.2) is 0 Å². The lowest BCUT2D eigenvalue weighted by molar-refractivity contribution is -0.121. The van der Waals surface area contributed by atoms with Crippen LogP contribution in [0, 0.1) is 0 Å². The summed E-state index contributed by atoms with van der Waals surface area (Å²) in [5.41, 5.74) is 0.854. The van der Waals surface area contributed by atoms with Crippen molar-refractivity contribution in [3.8, 4) is 0 Å². The zero-order valence-electron chi connectivity index (χ0n) is 11.3. The van der Waals surface area contributed by atoms with Gasteiger partial charge in [-0.05, 0) is 57.3 Å². The van der Waals surface area contributed by atoms with Gasteiger partial charge in [-0.25, -0.2) is 0 Å². The lowest BCUT2D eigenvalue weighted by Crippen LogP contribution is -2.38. The zero-order chi connectivity index (χ0) is 15.1. The van der Waals surface area contributed by atoms with E-state index >= 15 is 0 Å². The summed E-state index contributed by atoms with van der Waals surface area (Å²) in [6.45, 7) is 3.08. The first-order valence-electron chi connectivity index (χ1n) is 6.13. The molecule has 112 valence electrons. The molecule has 0 radical (unpaired) electrons. The fourth-order valence-electron chi connectivity index (χ4n) is 1.54. The summed E-state index contributed by atoms with van der Waals surface area (Å²) in [6, 6.07) is 3.53. The van der Waals surface area contributed by atoms with Crippen molar-refractivity contribution in [1.82, 2.24) is 5.32 Å². The maximum atomic E-state index is 11.9. The van der Waals surface area contributed by atoms with Crippen LogP contribution < -0.4 is 10.6 Å². The Morgan fingerprint density at radius 2 is 1.90 bits per heavy atom. The number of hydrogen-bond donors (Lipinski definition) is 2. The predicted molar refractivity (Wildman–Crippen MR) is 92.1 cm³/mol. The molecule has 1 aromatic rings. The average molecular weight is 473 g/mol. The largest absolute Gasteiger partial charge is 0.385 e. The highest BCUT2D eigenvalue weighted by Crippen LogP contribution is 2.34. The van der Waals surface area contributed by atoms with Crippen LogP contribution in [0.3, 0.4) is 0 Å². The number of benzene rings is 1. The molecule has 0 saturated carbocycles. The Morgan fingerprint density at radius 3 is 2.45 bits per heavy atom. The number of rotatable bonds is 7. The molecule has 0 aromatic heterocycles. The summed E-state index contributed by atoms with van der Waals surface area (Å²) >= 11 is 10.4. The van der Waals surface area contributed by atoms with Crippen molar-refractivity contribution in [2.75, 3.05) is 25.6 Å². The van der Waals surface area contributed by atoms with Gasteiger partial charge in [-0.1, -0.05) is 15.9 Å². The molecule has 1 amide bonds. The number of carbonyl (C=O) groups is 1. The van der Waals surface area contributed by atoms with Crippen molar-refractivity contribution in [3.05, 3.63) is 25.6 Å². The van der Waals surface area contributed by atoms with E-state index in [2.05, 4.69) is 58.4 Å². The SMILES string of the molecule is COCCCNC(=O)C(C)Nc1c(Br)cc(Br)cc1Br. The smallest absolute Gasteiger partial charge is 0.242 e. The van der Waals surface area contributed by atoms with E-state index < -0.39 is 0 Å². The average Bonchev–Trinajstić information content (AvgIpc) is 2.38. The number of carbonyl (C=O) groups excluding carboxylic acids is 1. The minimum Gasteiger partial charge on any atom is -0.385 e. The summed E-state index contributed by atoms with van der Waals surface area (Å²) in [4.78, 5) is 11.9. The molecule has 20 heavy (non-hydrogen) atoms. The molecule has 1 atom stereocenters. The van der Waals surface area contributed by atoms with Crippen molar-refractivity contribution in [1.29, 1.82) is 0 Å². The maximum Gasteiger partial charge on any atom is 0.242 e. The maximum absolute atomic E-state index is 11.9. The van der Waals surface area contributed by atoms with E-state index in [-0.39, 0.29) is 11.9 Å². The standard InChI is InChI=1S/C13H17Br3N2O2/c1-8(13(19)17-4-3-5-20-2)18-12-10(15)6-9(14)7-11(12)16/h6-8,18H,3-5H2,1-2H3,(H,17,19). The van der Waals surface area contributed by atoms with Gasteiger partial charge in [0, 0.05) is 33.7 Å². The van der Waals surface area contributed by atoms with Crippen LogP contribution >= 0.6 is 47.8 Å². The molecule has 0 bridgehead atoms. The second-order valence-corrected chi connectivity index (χ2v) is 6.87. The van der Waals surface area contributed by atoms with Crippen LogP contribution in [-0.4, -0.2) is 32.2 Å². The first kappa shape index (κ1) is 17.9. The highest BCUT2D eigenvalue weighted by Gasteiger charge is 2.15. The van der Waals surface area contributed by atoms with Gasteiger partial charge >= 0.3 is 0 Å². The van der Waals surface area contributed by atoms with E-state index in [0.29, 0.717) is 13.2 Å². The molecule has 1 aromatic carbocycles. The molecule has 4 nitrogen and oxygen atoms in total. The molecular weight excluding hydrogens is 456 g/mol. The van der Waals surface area contributed by atoms with E-state index in [0.717, 1.165) is 25.5 Å². The predicted octanol–water partition coefficient (Wildman–Crippen LogP) is 3.93. The molecule has 2 N–H and O–H groups in total. The number of methoxy groups -OCH3 is 1. The molecule has 0 heterocycles. The van der Waals surface area contributed by atoms with Crippen molar-refractivity contribution in [2.24, 2.45) is 0 Å². The van der Waals surface area contributed by atoms with E-state index in [4.69, 9.17) is 4.74 Å². The molecule has 0 spiro atoms. The fourth-order valence-corrected chi connectivity index (χ4v) is 4.03. The first-order chi connectivity index (χ1) is 9.45. The minimum atomic E-state index is -0.327. The van der Waals surface area contributed by atoms with Crippen LogP contribution in [-0.2, 0) is 9.53 Å². The summed E-state index contributed by atoms with van der Waals surface area (Å²) in [6.07, 6.45) is 0.806. The Morgan fingerprint density at radius 1 is 1.30 bits per heavy atom. The second kappa shape index (κ2) is 9.02. The van der Waals surface area contributed by atoms with E-state index in [1.165, 1.54) is 0 Å². The van der Waals surface area contributed by atoms with Crippen LogP contribution in [0.5, 0.6) is 0 Å². The zero-order valence-corrected chi connectivity index (χ0v) is 16.1. The van der Waals surface area contributed by atoms with Gasteiger partial charge in [-0.15, -0.1) is 0 Å². The Kier molecular flexibility index (Phi) is 8.09. The van der Waals surface area contributed by atoms with Crippen LogP contribution in [0.2, 0.25) is 0 Å². The molecule has 0 aliphatic rings. The number of nitrogens with one attached hydrogen (secondary N) is 2. The van der Waals surface area contributed by atoms with Crippen molar-refractivity contribution in [2.45, 2.75) is 19.4 Å². The molecular formula is C13H17Br3N2O2. The molecule has 7 heteroatoms. The number of hydrogen-bond acceptors (Lipinski definition) is 3. The van der Waals surface area contributed by atoms with Crippen LogP contribution in [0.15, 0.2) is 25.6 Å². The summed E-state index contributed by atoms with van der Waals surface area (Å²) in [7, 11) is 1.65. The first-order valence-corrected chi connectivity index (χ1v) is 8.51. The normalized spacial score (nSPS) is 12.1. The van der Waals surface area contributed by atoms with Crippen LogP contribution in [0.25, 0.3) is 0 Å². The lowest BCUT2D eigenvalue weighted by Gasteiger charge is -2.18. The quantitative estimate of drug-likeness (QED) is 0.591. The molecule has 1 unspecified atom stereocenters. The number of anilines is 1. The van der Waals surface area contributed by atoms with Gasteiger partial charge in [0.05, 0.1) is 5.69 Å². The molecule has 0 aliphatic carbocycles. The minimum absolute atomic E-state index is 0.0391. The third kappa shape index (κ3) is 5.71. The van der Waals surface area contributed by atoms with Crippen LogP contribution in [0.1, 0.15) is 13.3 Å². The van der Waals surface area contributed by atoms with E-state index in [1.54, 1.807) is 7.11 Å². The highest BCUT2D eigenvalue weighted by molar-refractivity contribution is 9.11. The highest BCUT2D eigenvalue weighted by atomic mass is 79.9. The third-order valence-corrected chi connectivity index (χ3v) is 4.29. The van der Waals surface area contributed by atoms with Gasteiger partial charge in [0.25, 0.3) is 0 Å². The van der Waals surface area contributed by atoms with Gasteiger partial charge < -0.3 is 15.4 Å². The van der Waals surface area contributed by atoms with Gasteiger partial charge in [-0.2, -0.15) is 0 Å². The van der Waals surface area contributed by atoms with E-state index in [1.807, 2.05) is 19.1 Å². The Hall–Kier alpha value is -0.110. The number of halogens is 3. The number of amides is 1. The Balaban J connectivity index is 2.57. The summed E-state index contributed by atoms with van der Waals surface area (Å²) < 4.78 is 7.67. The van der Waals surface area contributed by atoms with Crippen molar-refractivity contribution >= 4 is 59.4 Å². The van der Waals surface area contributed by atoms with Gasteiger partial charge in [0.1, 0.15) is 6.04 Å². The summed E-state index contributed by atoms with van der Waals surface area (Å²) in [5, 5.41) is 6.05. The van der Waals surface area contributed by atoms with Crippen molar-refractivity contribution < 1.29 is 9.53 Å². The molecule has 0 fully saturated rings. The topological polar surface area (TPSA) is 50.4 Å². The van der Waals surface area contributed by atoms with Gasteiger partial charge in [-0.3, -0.25) is 4.79 Å². The third-order valence-electron chi connectivity index (χ3n) is 2.59. The Bertz CT molecular complexity index is 446. The summed E-state index contributed by atoms with van der Waals surface area (Å²) in [5.74, 6) is -0.0391.